The molecule has 0 bridgehead atoms. The fraction of sp³-hybridized carbons (Fsp3) is 0.308. The molecule has 6 nitrogen and oxygen atoms in total. The van der Waals surface area contributed by atoms with Crippen LogP contribution >= 0.6 is 15.9 Å². The van der Waals surface area contributed by atoms with Gasteiger partial charge in [0, 0.05) is 4.47 Å². The van der Waals surface area contributed by atoms with Crippen molar-refractivity contribution in [3.63, 3.8) is 0 Å². The van der Waals surface area contributed by atoms with Crippen LogP contribution in [-0.4, -0.2) is 35.0 Å². The Balaban J connectivity index is 2.56. The van der Waals surface area contributed by atoms with Crippen LogP contribution in [0, 0.1) is 0 Å². The van der Waals surface area contributed by atoms with Crippen molar-refractivity contribution in [2.24, 2.45) is 0 Å². The van der Waals surface area contributed by atoms with Crippen molar-refractivity contribution in [1.29, 1.82) is 0 Å². The molecule has 1 aromatic rings. The molecule has 0 spiro atoms. The number of halogens is 1. The summed E-state index contributed by atoms with van der Waals surface area (Å²) in [5.41, 5.74) is -0.979. The molecule has 0 saturated carbocycles. The predicted molar refractivity (Wildman–Crippen MR) is 76.3 cm³/mol. The zero-order valence-electron chi connectivity index (χ0n) is 11.1. The number of rotatable bonds is 5. The van der Waals surface area contributed by atoms with Crippen molar-refractivity contribution in [3.8, 4) is 0 Å². The summed E-state index contributed by atoms with van der Waals surface area (Å²) in [6.07, 6.45) is 0. The lowest BCUT2D eigenvalue weighted by Gasteiger charge is -2.21. The smallest absolute Gasteiger partial charge is 0.328 e. The zero-order valence-corrected chi connectivity index (χ0v) is 12.7. The van der Waals surface area contributed by atoms with E-state index in [1.807, 2.05) is 0 Å². The lowest BCUT2D eigenvalue weighted by atomic mass is 10.1. The van der Waals surface area contributed by atoms with Crippen molar-refractivity contribution < 1.29 is 19.5 Å². The van der Waals surface area contributed by atoms with Gasteiger partial charge in [-0.25, -0.2) is 4.79 Å². The summed E-state index contributed by atoms with van der Waals surface area (Å²) in [7, 11) is 0. The average molecular weight is 343 g/mol. The molecule has 0 aliphatic carbocycles. The first-order chi connectivity index (χ1) is 9.24. The van der Waals surface area contributed by atoms with Gasteiger partial charge < -0.3 is 15.7 Å². The molecule has 0 atom stereocenters. The second kappa shape index (κ2) is 6.51. The van der Waals surface area contributed by atoms with Crippen molar-refractivity contribution >= 4 is 33.7 Å². The number of aliphatic carboxylic acids is 1. The lowest BCUT2D eigenvalue weighted by molar-refractivity contribution is -0.145. The second-order valence-corrected chi connectivity index (χ2v) is 5.50. The molecule has 1 rings (SSSR count). The fourth-order valence-electron chi connectivity index (χ4n) is 1.35. The van der Waals surface area contributed by atoms with Crippen LogP contribution in [0.3, 0.4) is 0 Å². The fourth-order valence-corrected chi connectivity index (χ4v) is 1.81. The molecule has 7 heteroatoms. The molecule has 108 valence electrons. The Hall–Kier alpha value is -1.89. The summed E-state index contributed by atoms with van der Waals surface area (Å²) in [4.78, 5) is 34.3. The van der Waals surface area contributed by atoms with Gasteiger partial charge in [0.15, 0.2) is 0 Å². The highest BCUT2D eigenvalue weighted by Gasteiger charge is 2.28. The Labute approximate surface area is 124 Å². The highest BCUT2D eigenvalue weighted by atomic mass is 79.9. The highest BCUT2D eigenvalue weighted by molar-refractivity contribution is 9.10. The summed E-state index contributed by atoms with van der Waals surface area (Å²) in [5, 5.41) is 13.6. The molecule has 0 aromatic heterocycles. The molecular weight excluding hydrogens is 328 g/mol. The minimum absolute atomic E-state index is 0.295. The van der Waals surface area contributed by atoms with Crippen LogP contribution in [0.1, 0.15) is 24.2 Å². The van der Waals surface area contributed by atoms with Crippen LogP contribution in [0.5, 0.6) is 0 Å². The van der Waals surface area contributed by atoms with E-state index in [-0.39, 0.29) is 6.54 Å². The molecule has 0 aliphatic heterocycles. The summed E-state index contributed by atoms with van der Waals surface area (Å²) in [5.74, 6) is -2.14. The number of benzene rings is 1. The number of carboxylic acids is 1. The van der Waals surface area contributed by atoms with Gasteiger partial charge >= 0.3 is 5.97 Å². The van der Waals surface area contributed by atoms with Gasteiger partial charge in [-0.2, -0.15) is 0 Å². The third-order valence-electron chi connectivity index (χ3n) is 2.51. The average Bonchev–Trinajstić information content (AvgIpc) is 2.35. The van der Waals surface area contributed by atoms with Crippen LogP contribution < -0.4 is 10.6 Å². The van der Waals surface area contributed by atoms with Crippen molar-refractivity contribution in [2.45, 2.75) is 19.4 Å². The second-order valence-electron chi connectivity index (χ2n) is 4.64. The van der Waals surface area contributed by atoms with Crippen molar-refractivity contribution in [1.82, 2.24) is 10.6 Å². The molecule has 3 N–H and O–H groups in total. The summed E-state index contributed by atoms with van der Waals surface area (Å²) in [6, 6.07) is 6.79. The first-order valence-electron chi connectivity index (χ1n) is 5.81. The molecule has 0 radical (unpaired) electrons. The first kappa shape index (κ1) is 16.2. The van der Waals surface area contributed by atoms with E-state index in [0.29, 0.717) is 10.0 Å². The molecular formula is C13H15BrN2O4. The van der Waals surface area contributed by atoms with E-state index in [4.69, 9.17) is 5.11 Å². The van der Waals surface area contributed by atoms with Gasteiger partial charge in [-0.1, -0.05) is 12.1 Å². The maximum absolute atomic E-state index is 11.8. The van der Waals surface area contributed by atoms with Gasteiger partial charge in [-0.15, -0.1) is 0 Å². The minimum atomic E-state index is -1.38. The Morgan fingerprint density at radius 3 is 2.40 bits per heavy atom. The number of carboxylic acid groups (broad SMARTS) is 1. The van der Waals surface area contributed by atoms with Crippen molar-refractivity contribution in [2.75, 3.05) is 6.54 Å². The van der Waals surface area contributed by atoms with Gasteiger partial charge in [0.2, 0.25) is 5.91 Å². The van der Waals surface area contributed by atoms with Gasteiger partial charge in [0.1, 0.15) is 5.54 Å². The van der Waals surface area contributed by atoms with E-state index >= 15 is 0 Å². The van der Waals surface area contributed by atoms with E-state index < -0.39 is 23.3 Å². The monoisotopic (exact) mass is 342 g/mol. The Morgan fingerprint density at radius 2 is 1.85 bits per heavy atom. The largest absolute Gasteiger partial charge is 0.480 e. The van der Waals surface area contributed by atoms with E-state index in [2.05, 4.69) is 26.6 Å². The van der Waals surface area contributed by atoms with E-state index in [1.165, 1.54) is 13.8 Å². The van der Waals surface area contributed by atoms with Crippen LogP contribution in [-0.2, 0) is 9.59 Å². The van der Waals surface area contributed by atoms with E-state index in [9.17, 15) is 14.4 Å². The maximum Gasteiger partial charge on any atom is 0.328 e. The Morgan fingerprint density at radius 1 is 1.25 bits per heavy atom. The summed E-state index contributed by atoms with van der Waals surface area (Å²) < 4.78 is 0.615. The number of nitrogens with one attached hydrogen (secondary N) is 2. The van der Waals surface area contributed by atoms with Crippen LogP contribution in [0.2, 0.25) is 0 Å². The number of carbonyl (C=O) groups excluding carboxylic acids is 2. The molecule has 0 aliphatic rings. The third kappa shape index (κ3) is 4.34. The van der Waals surface area contributed by atoms with Crippen LogP contribution in [0.4, 0.5) is 0 Å². The zero-order chi connectivity index (χ0) is 15.3. The molecule has 0 fully saturated rings. The van der Waals surface area contributed by atoms with Crippen LogP contribution in [0.15, 0.2) is 28.7 Å². The number of hydrogen-bond donors (Lipinski definition) is 3. The topological polar surface area (TPSA) is 95.5 Å². The van der Waals surface area contributed by atoms with Crippen LogP contribution in [0.25, 0.3) is 0 Å². The molecule has 20 heavy (non-hydrogen) atoms. The van der Waals surface area contributed by atoms with E-state index in [0.717, 1.165) is 0 Å². The number of amides is 2. The highest BCUT2D eigenvalue weighted by Crippen LogP contribution is 2.15. The minimum Gasteiger partial charge on any atom is -0.480 e. The molecule has 1 aromatic carbocycles. The lowest BCUT2D eigenvalue weighted by Crippen LogP contribution is -2.52. The van der Waals surface area contributed by atoms with Crippen molar-refractivity contribution in [3.05, 3.63) is 34.3 Å². The Kier molecular flexibility index (Phi) is 5.26. The predicted octanol–water partition coefficient (Wildman–Crippen LogP) is 1.16. The molecule has 0 saturated heterocycles. The van der Waals surface area contributed by atoms with Gasteiger partial charge in [0.05, 0.1) is 12.1 Å². The van der Waals surface area contributed by atoms with Gasteiger partial charge in [0.25, 0.3) is 5.91 Å². The van der Waals surface area contributed by atoms with Gasteiger partial charge in [-0.3, -0.25) is 9.59 Å². The summed E-state index contributed by atoms with van der Waals surface area (Å²) >= 11 is 3.23. The third-order valence-corrected chi connectivity index (χ3v) is 3.21. The number of carbonyl (C=O) groups is 3. The maximum atomic E-state index is 11.8. The van der Waals surface area contributed by atoms with Gasteiger partial charge in [-0.05, 0) is 41.9 Å². The number of hydrogen-bond acceptors (Lipinski definition) is 3. The first-order valence-corrected chi connectivity index (χ1v) is 6.60. The standard InChI is InChI=1S/C13H15BrN2O4/c1-13(2,12(19)20)16-10(17)7-15-11(18)8-5-3-4-6-9(8)14/h3-6H,7H2,1-2H3,(H,15,18)(H,16,17)(H,19,20). The molecule has 0 heterocycles. The molecule has 2 amide bonds. The normalized spacial score (nSPS) is 10.8. The SMILES string of the molecule is CC(C)(NC(=O)CNC(=O)c1ccccc1Br)C(=O)O. The quantitative estimate of drug-likeness (QED) is 0.748. The summed E-state index contributed by atoms with van der Waals surface area (Å²) in [6.45, 7) is 2.43. The van der Waals surface area contributed by atoms with E-state index in [1.54, 1.807) is 24.3 Å². The Bertz CT molecular complexity index is 543. The molecule has 0 unspecified atom stereocenters.